The van der Waals surface area contributed by atoms with E-state index in [1.165, 1.54) is 16.8 Å². The molecule has 1 nitrogen and oxygen atoms in total. The highest BCUT2D eigenvalue weighted by atomic mass is 14.9. The fourth-order valence-electron chi connectivity index (χ4n) is 1.49. The van der Waals surface area contributed by atoms with E-state index in [9.17, 15) is 0 Å². The quantitative estimate of drug-likeness (QED) is 0.528. The molecule has 11 heavy (non-hydrogen) atoms. The van der Waals surface area contributed by atoms with Crippen LogP contribution in [-0.2, 0) is 6.42 Å². The minimum absolute atomic E-state index is 0.887. The molecule has 54 valence electrons. The second kappa shape index (κ2) is 2.30. The average Bonchev–Trinajstić information content (AvgIpc) is 2.36. The maximum absolute atomic E-state index is 5.75. The molecule has 1 N–H and O–H groups in total. The summed E-state index contributed by atoms with van der Waals surface area (Å²) < 4.78 is 0. The second-order valence-electron chi connectivity index (χ2n) is 3.04. The van der Waals surface area contributed by atoms with Gasteiger partial charge in [0.15, 0.2) is 0 Å². The third-order valence-electron chi connectivity index (χ3n) is 2.20. The number of rotatable bonds is 0. The van der Waals surface area contributed by atoms with E-state index in [4.69, 9.17) is 7.85 Å². The van der Waals surface area contributed by atoms with Crippen LogP contribution in [0.4, 0.5) is 5.69 Å². The molecule has 0 saturated carbocycles. The average molecular weight is 143 g/mol. The molecular weight excluding hydrogens is 133 g/mol. The number of hydrogen-bond donors (Lipinski definition) is 1. The van der Waals surface area contributed by atoms with Crippen LogP contribution >= 0.6 is 0 Å². The molecule has 1 aliphatic heterocycles. The molecule has 0 saturated heterocycles. The standard InChI is InChI=1S/C9H10BN/c1-6-4-7-2-3-11-9(7)5-8(6)10/h4-5,11H,2-3H2,1H3. The van der Waals surface area contributed by atoms with E-state index in [0.717, 1.165) is 18.4 Å². The normalized spacial score (nSPS) is 14.3. The van der Waals surface area contributed by atoms with Crippen molar-refractivity contribution in [2.45, 2.75) is 13.3 Å². The van der Waals surface area contributed by atoms with Crippen LogP contribution in [0.25, 0.3) is 0 Å². The van der Waals surface area contributed by atoms with Crippen molar-refractivity contribution in [3.63, 3.8) is 0 Å². The molecule has 0 spiro atoms. The van der Waals surface area contributed by atoms with Crippen molar-refractivity contribution >= 4 is 19.0 Å². The Morgan fingerprint density at radius 2 is 2.27 bits per heavy atom. The van der Waals surface area contributed by atoms with Crippen LogP contribution < -0.4 is 10.8 Å². The molecule has 0 amide bonds. The van der Waals surface area contributed by atoms with E-state index in [2.05, 4.69) is 11.4 Å². The monoisotopic (exact) mass is 143 g/mol. The summed E-state index contributed by atoms with van der Waals surface area (Å²) in [7, 11) is 5.75. The summed E-state index contributed by atoms with van der Waals surface area (Å²) in [5, 5.41) is 3.29. The van der Waals surface area contributed by atoms with E-state index in [0.29, 0.717) is 0 Å². The zero-order valence-corrected chi connectivity index (χ0v) is 6.65. The van der Waals surface area contributed by atoms with Gasteiger partial charge in [-0.2, -0.15) is 0 Å². The molecule has 0 bridgehead atoms. The summed E-state index contributed by atoms with van der Waals surface area (Å²) >= 11 is 0. The van der Waals surface area contributed by atoms with Gasteiger partial charge in [-0.3, -0.25) is 0 Å². The predicted octanol–water partition coefficient (Wildman–Crippen LogP) is 0.757. The van der Waals surface area contributed by atoms with Gasteiger partial charge < -0.3 is 5.32 Å². The van der Waals surface area contributed by atoms with Crippen LogP contribution in [0, 0.1) is 6.92 Å². The molecule has 2 radical (unpaired) electrons. The number of nitrogens with one attached hydrogen (secondary N) is 1. The van der Waals surface area contributed by atoms with Crippen molar-refractivity contribution in [1.29, 1.82) is 0 Å². The summed E-state index contributed by atoms with van der Waals surface area (Å²) in [5.41, 5.74) is 4.69. The van der Waals surface area contributed by atoms with Crippen molar-refractivity contribution in [3.05, 3.63) is 23.3 Å². The Balaban J connectivity index is 2.57. The Bertz CT molecular complexity index is 265. The summed E-state index contributed by atoms with van der Waals surface area (Å²) in [6, 6.07) is 4.20. The molecule has 0 aliphatic carbocycles. The van der Waals surface area contributed by atoms with E-state index in [1.807, 2.05) is 13.0 Å². The first-order valence-corrected chi connectivity index (χ1v) is 3.90. The summed E-state index contributed by atoms with van der Waals surface area (Å²) in [4.78, 5) is 0. The van der Waals surface area contributed by atoms with Gasteiger partial charge in [0.1, 0.15) is 7.85 Å². The topological polar surface area (TPSA) is 12.0 Å². The zero-order chi connectivity index (χ0) is 7.84. The first-order chi connectivity index (χ1) is 5.27. The molecule has 1 heterocycles. The summed E-state index contributed by atoms with van der Waals surface area (Å²) in [6.45, 7) is 3.10. The lowest BCUT2D eigenvalue weighted by atomic mass is 9.89. The van der Waals surface area contributed by atoms with E-state index >= 15 is 0 Å². The van der Waals surface area contributed by atoms with Crippen molar-refractivity contribution in [2.75, 3.05) is 11.9 Å². The van der Waals surface area contributed by atoms with Crippen molar-refractivity contribution in [1.82, 2.24) is 0 Å². The zero-order valence-electron chi connectivity index (χ0n) is 6.65. The van der Waals surface area contributed by atoms with E-state index < -0.39 is 0 Å². The van der Waals surface area contributed by atoms with Crippen LogP contribution in [0.1, 0.15) is 11.1 Å². The molecule has 0 aromatic heterocycles. The van der Waals surface area contributed by atoms with Crippen LogP contribution in [0.2, 0.25) is 0 Å². The number of fused-ring (bicyclic) bond motifs is 1. The first kappa shape index (κ1) is 6.77. The number of hydrogen-bond acceptors (Lipinski definition) is 1. The number of anilines is 1. The minimum atomic E-state index is 0.887. The largest absolute Gasteiger partial charge is 0.385 e. The molecule has 0 fully saturated rings. The van der Waals surface area contributed by atoms with Gasteiger partial charge in [-0.25, -0.2) is 0 Å². The summed E-state index contributed by atoms with van der Waals surface area (Å²) in [6.07, 6.45) is 1.14. The lowest BCUT2D eigenvalue weighted by Gasteiger charge is -2.04. The van der Waals surface area contributed by atoms with E-state index in [1.54, 1.807) is 0 Å². The lowest BCUT2D eigenvalue weighted by molar-refractivity contribution is 1.10. The first-order valence-electron chi connectivity index (χ1n) is 3.90. The third kappa shape index (κ3) is 1.03. The fourth-order valence-corrected chi connectivity index (χ4v) is 1.49. The minimum Gasteiger partial charge on any atom is -0.385 e. The van der Waals surface area contributed by atoms with Crippen molar-refractivity contribution < 1.29 is 0 Å². The van der Waals surface area contributed by atoms with Gasteiger partial charge in [0, 0.05) is 12.2 Å². The third-order valence-corrected chi connectivity index (χ3v) is 2.20. The van der Waals surface area contributed by atoms with Crippen LogP contribution in [0.3, 0.4) is 0 Å². The smallest absolute Gasteiger partial charge is 0.114 e. The molecule has 0 atom stereocenters. The van der Waals surface area contributed by atoms with E-state index in [-0.39, 0.29) is 0 Å². The Kier molecular flexibility index (Phi) is 1.41. The molecule has 1 aliphatic rings. The van der Waals surface area contributed by atoms with Crippen LogP contribution in [0.5, 0.6) is 0 Å². The Labute approximate surface area is 68.2 Å². The molecule has 2 heteroatoms. The molecule has 2 rings (SSSR count). The van der Waals surface area contributed by atoms with Gasteiger partial charge in [0.2, 0.25) is 0 Å². The second-order valence-corrected chi connectivity index (χ2v) is 3.04. The van der Waals surface area contributed by atoms with Crippen molar-refractivity contribution in [3.8, 4) is 0 Å². The molecule has 0 unspecified atom stereocenters. The molecule has 1 aromatic rings. The van der Waals surface area contributed by atoms with Crippen LogP contribution in [0.15, 0.2) is 12.1 Å². The van der Waals surface area contributed by atoms with Gasteiger partial charge in [-0.1, -0.05) is 17.1 Å². The SMILES string of the molecule is [B]c1cc2c(cc1C)CCN2. The van der Waals surface area contributed by atoms with Gasteiger partial charge in [-0.05, 0) is 25.0 Å². The number of benzene rings is 1. The fraction of sp³-hybridized carbons (Fsp3) is 0.333. The molecular formula is C9H10BN. The predicted molar refractivity (Wildman–Crippen MR) is 48.8 cm³/mol. The van der Waals surface area contributed by atoms with Gasteiger partial charge in [0.25, 0.3) is 0 Å². The molecule has 1 aromatic carbocycles. The Hall–Kier alpha value is -0.915. The van der Waals surface area contributed by atoms with Crippen LogP contribution in [-0.4, -0.2) is 14.4 Å². The number of aryl methyl sites for hydroxylation is 1. The Morgan fingerprint density at radius 3 is 3.09 bits per heavy atom. The Morgan fingerprint density at radius 1 is 1.45 bits per heavy atom. The highest BCUT2D eigenvalue weighted by Gasteiger charge is 2.09. The highest BCUT2D eigenvalue weighted by Crippen LogP contribution is 2.20. The lowest BCUT2D eigenvalue weighted by Crippen LogP contribution is -2.07. The maximum Gasteiger partial charge on any atom is 0.114 e. The van der Waals surface area contributed by atoms with Gasteiger partial charge in [0.05, 0.1) is 0 Å². The maximum atomic E-state index is 5.75. The van der Waals surface area contributed by atoms with Gasteiger partial charge >= 0.3 is 0 Å². The van der Waals surface area contributed by atoms with Gasteiger partial charge in [-0.15, -0.1) is 0 Å². The highest BCUT2D eigenvalue weighted by molar-refractivity contribution is 6.33. The van der Waals surface area contributed by atoms with Crippen molar-refractivity contribution in [2.24, 2.45) is 0 Å². The summed E-state index contributed by atoms with van der Waals surface area (Å²) in [5.74, 6) is 0.